The van der Waals surface area contributed by atoms with Gasteiger partial charge in [-0.3, -0.25) is 10.1 Å². The molecule has 0 spiro atoms. The number of carbonyl (C=O) groups is 1. The molecule has 3 rings (SSSR count). The van der Waals surface area contributed by atoms with E-state index in [1.807, 2.05) is 30.3 Å². The van der Waals surface area contributed by atoms with Crippen LogP contribution in [0.25, 0.3) is 0 Å². The van der Waals surface area contributed by atoms with Gasteiger partial charge >= 0.3 is 0 Å². The molecule has 0 aliphatic heterocycles. The van der Waals surface area contributed by atoms with Crippen LogP contribution in [0.15, 0.2) is 78.9 Å². The predicted octanol–water partition coefficient (Wildman–Crippen LogP) is 4.30. The van der Waals surface area contributed by atoms with Crippen LogP contribution in [0.1, 0.15) is 17.2 Å². The summed E-state index contributed by atoms with van der Waals surface area (Å²) in [4.78, 5) is 12.9. The summed E-state index contributed by atoms with van der Waals surface area (Å²) in [5.41, 5.74) is 1.94. The second kappa shape index (κ2) is 8.96. The highest BCUT2D eigenvalue weighted by Gasteiger charge is 2.20. The molecule has 5 heteroatoms. The average molecular weight is 364 g/mol. The van der Waals surface area contributed by atoms with E-state index in [4.69, 9.17) is 4.74 Å². The molecule has 3 aromatic carbocycles. The van der Waals surface area contributed by atoms with Crippen molar-refractivity contribution in [3.05, 3.63) is 95.8 Å². The van der Waals surface area contributed by atoms with Crippen molar-refractivity contribution in [1.82, 2.24) is 5.32 Å². The van der Waals surface area contributed by atoms with Gasteiger partial charge in [0.25, 0.3) is 0 Å². The number of methoxy groups -OCH3 is 1. The maximum atomic E-state index is 13.9. The molecule has 138 valence electrons. The average Bonchev–Trinajstić information content (AvgIpc) is 2.70. The van der Waals surface area contributed by atoms with Gasteiger partial charge in [0.15, 0.2) is 0 Å². The van der Waals surface area contributed by atoms with Crippen molar-refractivity contribution in [3.8, 4) is 5.75 Å². The van der Waals surface area contributed by atoms with Gasteiger partial charge in [-0.05, 0) is 23.8 Å². The molecule has 1 amide bonds. The minimum Gasteiger partial charge on any atom is -0.497 e. The Bertz CT molecular complexity index is 900. The van der Waals surface area contributed by atoms with Crippen LogP contribution in [-0.2, 0) is 11.3 Å². The van der Waals surface area contributed by atoms with Crippen molar-refractivity contribution in [2.24, 2.45) is 0 Å². The molecule has 0 aromatic heterocycles. The van der Waals surface area contributed by atoms with Crippen molar-refractivity contribution in [1.29, 1.82) is 0 Å². The molecule has 0 aliphatic rings. The Labute approximate surface area is 158 Å². The fraction of sp³-hybridized carbons (Fsp3) is 0.136. The molecule has 0 saturated heterocycles. The van der Waals surface area contributed by atoms with Crippen LogP contribution in [0.2, 0.25) is 0 Å². The first-order valence-corrected chi connectivity index (χ1v) is 8.64. The van der Waals surface area contributed by atoms with Crippen LogP contribution in [0.3, 0.4) is 0 Å². The zero-order valence-electron chi connectivity index (χ0n) is 15.0. The third-order valence-corrected chi connectivity index (χ3v) is 4.19. The monoisotopic (exact) mass is 364 g/mol. The molecule has 27 heavy (non-hydrogen) atoms. The van der Waals surface area contributed by atoms with E-state index < -0.39 is 6.04 Å². The number of hydrogen-bond acceptors (Lipinski definition) is 3. The minimum absolute atomic E-state index is 0.231. The first-order valence-electron chi connectivity index (χ1n) is 8.64. The van der Waals surface area contributed by atoms with Gasteiger partial charge in [-0.25, -0.2) is 4.39 Å². The number of rotatable bonds is 7. The maximum absolute atomic E-state index is 13.9. The van der Waals surface area contributed by atoms with Gasteiger partial charge in [0, 0.05) is 23.9 Å². The standard InChI is InChI=1S/C22H21FN2O2/c1-27-19-12-7-11-18(14-19)25-22(26)21(16-8-3-2-4-9-16)24-15-17-10-5-6-13-20(17)23/h2-14,21,24H,15H2,1H3,(H,25,26)/t21-/m1/s1. The highest BCUT2D eigenvalue weighted by atomic mass is 19.1. The summed E-state index contributed by atoms with van der Waals surface area (Å²) in [6, 6.07) is 22.4. The molecule has 2 N–H and O–H groups in total. The third kappa shape index (κ3) is 4.92. The van der Waals surface area contributed by atoms with Crippen LogP contribution in [-0.4, -0.2) is 13.0 Å². The Morgan fingerprint density at radius 3 is 2.48 bits per heavy atom. The predicted molar refractivity (Wildman–Crippen MR) is 104 cm³/mol. The lowest BCUT2D eigenvalue weighted by atomic mass is 10.1. The molecule has 0 radical (unpaired) electrons. The molecule has 0 fully saturated rings. The third-order valence-electron chi connectivity index (χ3n) is 4.19. The van der Waals surface area contributed by atoms with Gasteiger partial charge in [-0.1, -0.05) is 54.6 Å². The Hall–Kier alpha value is -3.18. The first kappa shape index (κ1) is 18.6. The maximum Gasteiger partial charge on any atom is 0.246 e. The number of carbonyl (C=O) groups excluding carboxylic acids is 1. The molecular formula is C22H21FN2O2. The Morgan fingerprint density at radius 1 is 1.00 bits per heavy atom. The molecule has 0 saturated carbocycles. The summed E-state index contributed by atoms with van der Waals surface area (Å²) in [5.74, 6) is 0.124. The summed E-state index contributed by atoms with van der Waals surface area (Å²) >= 11 is 0. The van der Waals surface area contributed by atoms with E-state index in [0.29, 0.717) is 17.0 Å². The van der Waals surface area contributed by atoms with Gasteiger partial charge < -0.3 is 10.1 Å². The van der Waals surface area contributed by atoms with E-state index in [1.54, 1.807) is 49.6 Å². The molecule has 0 heterocycles. The van der Waals surface area contributed by atoms with Gasteiger partial charge in [0.2, 0.25) is 5.91 Å². The second-order valence-corrected chi connectivity index (χ2v) is 6.04. The number of amides is 1. The van der Waals surface area contributed by atoms with Crippen molar-refractivity contribution in [2.75, 3.05) is 12.4 Å². The zero-order valence-corrected chi connectivity index (χ0v) is 15.0. The first-order chi connectivity index (χ1) is 13.2. The summed E-state index contributed by atoms with van der Waals surface area (Å²) in [6.45, 7) is 0.234. The number of benzene rings is 3. The Balaban J connectivity index is 1.79. The van der Waals surface area contributed by atoms with Crippen molar-refractivity contribution in [3.63, 3.8) is 0 Å². The zero-order chi connectivity index (χ0) is 19.1. The summed E-state index contributed by atoms with van der Waals surface area (Å²) in [6.07, 6.45) is 0. The van der Waals surface area contributed by atoms with Crippen LogP contribution < -0.4 is 15.4 Å². The minimum atomic E-state index is -0.628. The quantitative estimate of drug-likeness (QED) is 0.657. The molecule has 3 aromatic rings. The van der Waals surface area contributed by atoms with Gasteiger partial charge in [-0.2, -0.15) is 0 Å². The van der Waals surface area contributed by atoms with Gasteiger partial charge in [0.1, 0.15) is 17.6 Å². The smallest absolute Gasteiger partial charge is 0.246 e. The number of halogens is 1. The van der Waals surface area contributed by atoms with Crippen LogP contribution in [0.4, 0.5) is 10.1 Å². The summed E-state index contributed by atoms with van der Waals surface area (Å²) in [7, 11) is 1.57. The van der Waals surface area contributed by atoms with Crippen LogP contribution in [0, 0.1) is 5.82 Å². The van der Waals surface area contributed by atoms with Crippen molar-refractivity contribution in [2.45, 2.75) is 12.6 Å². The number of anilines is 1. The van der Waals surface area contributed by atoms with E-state index in [1.165, 1.54) is 6.07 Å². The van der Waals surface area contributed by atoms with E-state index in [9.17, 15) is 9.18 Å². The summed E-state index contributed by atoms with van der Waals surface area (Å²) < 4.78 is 19.1. The van der Waals surface area contributed by atoms with Gasteiger partial charge in [-0.15, -0.1) is 0 Å². The van der Waals surface area contributed by atoms with Crippen molar-refractivity contribution >= 4 is 11.6 Å². The lowest BCUT2D eigenvalue weighted by Crippen LogP contribution is -2.33. The fourth-order valence-corrected chi connectivity index (χ4v) is 2.78. The molecular weight excluding hydrogens is 343 g/mol. The van der Waals surface area contributed by atoms with E-state index in [-0.39, 0.29) is 18.3 Å². The van der Waals surface area contributed by atoms with Crippen LogP contribution >= 0.6 is 0 Å². The number of hydrogen-bond donors (Lipinski definition) is 2. The Kier molecular flexibility index (Phi) is 6.18. The molecule has 1 atom stereocenters. The molecule has 0 bridgehead atoms. The topological polar surface area (TPSA) is 50.4 Å². The molecule has 0 aliphatic carbocycles. The SMILES string of the molecule is COc1cccc(NC(=O)[C@H](NCc2ccccc2F)c2ccccc2)c1. The van der Waals surface area contributed by atoms with Crippen LogP contribution in [0.5, 0.6) is 5.75 Å². The number of ether oxygens (including phenoxy) is 1. The van der Waals surface area contributed by atoms with E-state index >= 15 is 0 Å². The highest BCUT2D eigenvalue weighted by molar-refractivity contribution is 5.95. The highest BCUT2D eigenvalue weighted by Crippen LogP contribution is 2.20. The van der Waals surface area contributed by atoms with E-state index in [0.717, 1.165) is 5.56 Å². The molecule has 0 unspecified atom stereocenters. The fourth-order valence-electron chi connectivity index (χ4n) is 2.78. The molecule has 4 nitrogen and oxygen atoms in total. The van der Waals surface area contributed by atoms with Gasteiger partial charge in [0.05, 0.1) is 7.11 Å². The largest absolute Gasteiger partial charge is 0.497 e. The van der Waals surface area contributed by atoms with E-state index in [2.05, 4.69) is 10.6 Å². The van der Waals surface area contributed by atoms with Crippen molar-refractivity contribution < 1.29 is 13.9 Å². The lowest BCUT2D eigenvalue weighted by Gasteiger charge is -2.19. The lowest BCUT2D eigenvalue weighted by molar-refractivity contribution is -0.118. The number of nitrogens with one attached hydrogen (secondary N) is 2. The Morgan fingerprint density at radius 2 is 1.74 bits per heavy atom. The normalized spacial score (nSPS) is 11.6. The summed E-state index contributed by atoms with van der Waals surface area (Å²) in [5, 5.41) is 6.05. The second-order valence-electron chi connectivity index (χ2n) is 6.04.